The van der Waals surface area contributed by atoms with Crippen LogP contribution in [0, 0.1) is 0 Å². The molecule has 56 heavy (non-hydrogen) atoms. The van der Waals surface area contributed by atoms with Crippen molar-refractivity contribution >= 4 is 43.7 Å². The molecule has 4 heteroatoms. The first-order valence-electron chi connectivity index (χ1n) is 18.9. The van der Waals surface area contributed by atoms with Gasteiger partial charge in [0.05, 0.1) is 22.4 Å². The Morgan fingerprint density at radius 3 is 1.55 bits per heavy atom. The van der Waals surface area contributed by atoms with Gasteiger partial charge in [-0.3, -0.25) is 0 Å². The zero-order valence-electron chi connectivity index (χ0n) is 30.3. The molecule has 0 N–H and O–H groups in total. The average Bonchev–Trinajstić information content (AvgIpc) is 3.82. The number of para-hydroxylation sites is 2. The van der Waals surface area contributed by atoms with Crippen molar-refractivity contribution in [3.63, 3.8) is 0 Å². The molecule has 0 unspecified atom stereocenters. The van der Waals surface area contributed by atoms with Crippen LogP contribution in [0.4, 0.5) is 0 Å². The summed E-state index contributed by atoms with van der Waals surface area (Å²) in [6.45, 7) is 0. The number of rotatable bonds is 6. The lowest BCUT2D eigenvalue weighted by Gasteiger charge is -2.11. The van der Waals surface area contributed by atoms with E-state index in [0.717, 1.165) is 78.0 Å². The highest BCUT2D eigenvalue weighted by molar-refractivity contribution is 6.10. The zero-order chi connectivity index (χ0) is 37.0. The molecule has 11 aromatic rings. The molecule has 0 radical (unpaired) electrons. The Hall–Kier alpha value is -7.56. The van der Waals surface area contributed by atoms with E-state index in [1.165, 1.54) is 21.8 Å². The number of furan rings is 1. The molecule has 262 valence electrons. The number of fused-ring (bicyclic) bond motifs is 6. The quantitative estimate of drug-likeness (QED) is 0.172. The number of aromatic nitrogens is 3. The predicted molar refractivity (Wildman–Crippen MR) is 231 cm³/mol. The molecule has 11 rings (SSSR count). The summed E-state index contributed by atoms with van der Waals surface area (Å²) in [4.78, 5) is 10.1. The van der Waals surface area contributed by atoms with Crippen molar-refractivity contribution in [2.45, 2.75) is 0 Å². The molecular weight excluding hydrogens is 683 g/mol. The minimum atomic E-state index is 0.705. The minimum Gasteiger partial charge on any atom is -0.456 e. The third-order valence-corrected chi connectivity index (χ3v) is 10.9. The van der Waals surface area contributed by atoms with Gasteiger partial charge in [0.2, 0.25) is 0 Å². The van der Waals surface area contributed by atoms with E-state index in [9.17, 15) is 0 Å². The normalized spacial score (nSPS) is 11.6. The fourth-order valence-corrected chi connectivity index (χ4v) is 8.04. The van der Waals surface area contributed by atoms with Crippen LogP contribution in [0.1, 0.15) is 0 Å². The summed E-state index contributed by atoms with van der Waals surface area (Å²) in [6.07, 6.45) is 0. The largest absolute Gasteiger partial charge is 0.456 e. The lowest BCUT2D eigenvalue weighted by Crippen LogP contribution is -1.96. The lowest BCUT2D eigenvalue weighted by molar-refractivity contribution is 0.669. The van der Waals surface area contributed by atoms with E-state index in [1.807, 2.05) is 48.5 Å². The summed E-state index contributed by atoms with van der Waals surface area (Å²) in [7, 11) is 0. The van der Waals surface area contributed by atoms with Crippen LogP contribution >= 0.6 is 0 Å². The Morgan fingerprint density at radius 1 is 0.321 bits per heavy atom. The maximum absolute atomic E-state index is 6.19. The Bertz CT molecular complexity index is 3160. The minimum absolute atomic E-state index is 0.705. The van der Waals surface area contributed by atoms with Gasteiger partial charge in [0, 0.05) is 43.9 Å². The molecule has 3 aromatic heterocycles. The van der Waals surface area contributed by atoms with E-state index in [2.05, 4.69) is 156 Å². The molecule has 0 atom stereocenters. The first-order chi connectivity index (χ1) is 27.7. The van der Waals surface area contributed by atoms with Crippen molar-refractivity contribution in [2.24, 2.45) is 0 Å². The summed E-state index contributed by atoms with van der Waals surface area (Å²) in [5.74, 6) is 0.705. The van der Waals surface area contributed by atoms with Crippen molar-refractivity contribution in [2.75, 3.05) is 0 Å². The molecule has 0 saturated carbocycles. The second-order valence-corrected chi connectivity index (χ2v) is 14.2. The van der Waals surface area contributed by atoms with Gasteiger partial charge in [-0.1, -0.05) is 146 Å². The van der Waals surface area contributed by atoms with Crippen molar-refractivity contribution in [1.29, 1.82) is 0 Å². The van der Waals surface area contributed by atoms with Crippen LogP contribution in [0.15, 0.2) is 205 Å². The van der Waals surface area contributed by atoms with Crippen molar-refractivity contribution in [3.05, 3.63) is 200 Å². The average molecular weight is 716 g/mol. The van der Waals surface area contributed by atoms with Crippen LogP contribution in [0.25, 0.3) is 106 Å². The number of nitrogens with zero attached hydrogens (tertiary/aromatic N) is 3. The number of benzene rings is 8. The predicted octanol–water partition coefficient (Wildman–Crippen LogP) is 13.8. The molecule has 0 amide bonds. The molecule has 0 aliphatic carbocycles. The van der Waals surface area contributed by atoms with Crippen LogP contribution in [0.5, 0.6) is 0 Å². The van der Waals surface area contributed by atoms with Gasteiger partial charge in [0.1, 0.15) is 11.2 Å². The standard InChI is InChI=1S/C52H33N3O/c1-3-11-36(12-4-1)46-33-47(37-13-5-2-6-14-37)54-52(53-46)38-21-19-34(20-22-38)39-26-30-49-45(31-39)42-15-7-9-17-48(42)55(49)41-27-23-35(24-28-41)40-25-29-44-43-16-8-10-18-50(43)56-51(44)32-40/h1-33H. The summed E-state index contributed by atoms with van der Waals surface area (Å²) >= 11 is 0. The molecule has 0 fully saturated rings. The number of hydrogen-bond donors (Lipinski definition) is 0. The Kier molecular flexibility index (Phi) is 7.46. The summed E-state index contributed by atoms with van der Waals surface area (Å²) in [6, 6.07) is 70.3. The Balaban J connectivity index is 0.939. The van der Waals surface area contributed by atoms with E-state index in [-0.39, 0.29) is 0 Å². The second-order valence-electron chi connectivity index (χ2n) is 14.2. The molecule has 0 bridgehead atoms. The van der Waals surface area contributed by atoms with E-state index in [1.54, 1.807) is 0 Å². The first-order valence-corrected chi connectivity index (χ1v) is 18.9. The van der Waals surface area contributed by atoms with E-state index < -0.39 is 0 Å². The van der Waals surface area contributed by atoms with Crippen LogP contribution in [-0.4, -0.2) is 14.5 Å². The molecule has 4 nitrogen and oxygen atoms in total. The van der Waals surface area contributed by atoms with Crippen LogP contribution in [0.3, 0.4) is 0 Å². The molecule has 0 saturated heterocycles. The highest BCUT2D eigenvalue weighted by Gasteiger charge is 2.15. The third kappa shape index (κ3) is 5.47. The van der Waals surface area contributed by atoms with E-state index in [4.69, 9.17) is 14.4 Å². The van der Waals surface area contributed by atoms with Crippen molar-refractivity contribution < 1.29 is 4.42 Å². The topological polar surface area (TPSA) is 43.9 Å². The molecule has 0 spiro atoms. The highest BCUT2D eigenvalue weighted by atomic mass is 16.3. The maximum Gasteiger partial charge on any atom is 0.160 e. The van der Waals surface area contributed by atoms with Gasteiger partial charge >= 0.3 is 0 Å². The van der Waals surface area contributed by atoms with Gasteiger partial charge in [0.25, 0.3) is 0 Å². The van der Waals surface area contributed by atoms with E-state index >= 15 is 0 Å². The Morgan fingerprint density at radius 2 is 0.839 bits per heavy atom. The monoisotopic (exact) mass is 715 g/mol. The van der Waals surface area contributed by atoms with E-state index in [0.29, 0.717) is 5.82 Å². The lowest BCUT2D eigenvalue weighted by atomic mass is 10.0. The van der Waals surface area contributed by atoms with Crippen LogP contribution < -0.4 is 0 Å². The van der Waals surface area contributed by atoms with Gasteiger partial charge in [-0.25, -0.2) is 9.97 Å². The molecule has 0 aliphatic rings. The van der Waals surface area contributed by atoms with Gasteiger partial charge in [-0.05, 0) is 76.9 Å². The highest BCUT2D eigenvalue weighted by Crippen LogP contribution is 2.37. The van der Waals surface area contributed by atoms with Crippen LogP contribution in [-0.2, 0) is 0 Å². The SMILES string of the molecule is c1ccc(-c2cc(-c3ccccc3)nc(-c3ccc(-c4ccc5c(c4)c4ccccc4n5-c4ccc(-c5ccc6c(c5)oc5ccccc56)cc4)cc3)n2)cc1. The van der Waals surface area contributed by atoms with Crippen molar-refractivity contribution in [3.8, 4) is 61.8 Å². The Labute approximate surface area is 323 Å². The smallest absolute Gasteiger partial charge is 0.160 e. The van der Waals surface area contributed by atoms with Gasteiger partial charge in [0.15, 0.2) is 5.82 Å². The van der Waals surface area contributed by atoms with Crippen molar-refractivity contribution in [1.82, 2.24) is 14.5 Å². The molecular formula is C52H33N3O. The summed E-state index contributed by atoms with van der Waals surface area (Å²) < 4.78 is 8.56. The summed E-state index contributed by atoms with van der Waals surface area (Å²) in [5, 5.41) is 4.72. The zero-order valence-corrected chi connectivity index (χ0v) is 30.3. The van der Waals surface area contributed by atoms with Crippen LogP contribution in [0.2, 0.25) is 0 Å². The number of hydrogen-bond acceptors (Lipinski definition) is 3. The molecule has 0 aliphatic heterocycles. The fraction of sp³-hybridized carbons (Fsp3) is 0. The summed E-state index contributed by atoms with van der Waals surface area (Å²) in [5.41, 5.74) is 14.8. The fourth-order valence-electron chi connectivity index (χ4n) is 8.04. The van der Waals surface area contributed by atoms with Gasteiger partial charge in [-0.2, -0.15) is 0 Å². The third-order valence-electron chi connectivity index (χ3n) is 10.9. The molecule has 3 heterocycles. The second kappa shape index (κ2) is 13.1. The molecule has 8 aromatic carbocycles. The van der Waals surface area contributed by atoms with Gasteiger partial charge in [-0.15, -0.1) is 0 Å². The maximum atomic E-state index is 6.19. The first kappa shape index (κ1) is 31.9. The van der Waals surface area contributed by atoms with Gasteiger partial charge < -0.3 is 8.98 Å².